The zero-order chi connectivity index (χ0) is 13.8. The molecule has 3 heteroatoms. The van der Waals surface area contributed by atoms with Crippen molar-refractivity contribution < 1.29 is 0 Å². The molecule has 3 nitrogen and oxygen atoms in total. The van der Waals surface area contributed by atoms with Crippen molar-refractivity contribution in [1.29, 1.82) is 0 Å². The van der Waals surface area contributed by atoms with E-state index in [1.54, 1.807) is 4.57 Å². The molecule has 0 amide bonds. The lowest BCUT2D eigenvalue weighted by Gasteiger charge is -2.25. The number of hydrogen-bond donors (Lipinski definition) is 1. The number of benzene rings is 1. The summed E-state index contributed by atoms with van der Waals surface area (Å²) in [5.41, 5.74) is 7.02. The van der Waals surface area contributed by atoms with Gasteiger partial charge >= 0.3 is 5.69 Å². The standard InChI is InChI=1S/C15H22N2O/c1-8-9(2)11(15(4,5)6)13-12(10(8)3)16-14(18)17(13)7/h1-7H3,(H,16,18). The second-order valence-corrected chi connectivity index (χ2v) is 6.21. The maximum atomic E-state index is 11.9. The fourth-order valence-electron chi connectivity index (χ4n) is 2.83. The van der Waals surface area contributed by atoms with Crippen molar-refractivity contribution in [3.63, 3.8) is 0 Å². The van der Waals surface area contributed by atoms with Gasteiger partial charge in [-0.1, -0.05) is 20.8 Å². The number of aromatic nitrogens is 2. The molecule has 0 atom stereocenters. The SMILES string of the molecule is Cc1c(C)c(C(C)(C)C)c2c([nH]c(=O)n2C)c1C. The normalized spacial score (nSPS) is 12.4. The maximum Gasteiger partial charge on any atom is 0.326 e. The van der Waals surface area contributed by atoms with Crippen molar-refractivity contribution in [2.45, 2.75) is 47.0 Å². The molecule has 1 aromatic heterocycles. The van der Waals surface area contributed by atoms with Crippen LogP contribution in [0, 0.1) is 20.8 Å². The molecule has 0 aliphatic heterocycles. The van der Waals surface area contributed by atoms with Gasteiger partial charge in [0, 0.05) is 7.05 Å². The van der Waals surface area contributed by atoms with Gasteiger partial charge in [-0.15, -0.1) is 0 Å². The van der Waals surface area contributed by atoms with Crippen LogP contribution in [0.4, 0.5) is 0 Å². The number of hydrogen-bond acceptors (Lipinski definition) is 1. The Balaban J connectivity index is 3.14. The monoisotopic (exact) mass is 246 g/mol. The lowest BCUT2D eigenvalue weighted by atomic mass is 9.80. The van der Waals surface area contributed by atoms with Crippen LogP contribution in [0.5, 0.6) is 0 Å². The first kappa shape index (κ1) is 12.9. The van der Waals surface area contributed by atoms with Gasteiger partial charge in [0.05, 0.1) is 11.0 Å². The van der Waals surface area contributed by atoms with E-state index in [2.05, 4.69) is 46.5 Å². The van der Waals surface area contributed by atoms with Crippen molar-refractivity contribution in [2.75, 3.05) is 0 Å². The van der Waals surface area contributed by atoms with Crippen molar-refractivity contribution in [3.8, 4) is 0 Å². The van der Waals surface area contributed by atoms with Gasteiger partial charge in [-0.2, -0.15) is 0 Å². The molecule has 0 aliphatic carbocycles. The highest BCUT2D eigenvalue weighted by molar-refractivity contribution is 5.86. The van der Waals surface area contributed by atoms with Crippen LogP contribution in [-0.2, 0) is 12.5 Å². The molecule has 0 saturated carbocycles. The molecule has 1 heterocycles. The van der Waals surface area contributed by atoms with E-state index in [1.807, 2.05) is 7.05 Å². The van der Waals surface area contributed by atoms with Gasteiger partial charge in [-0.25, -0.2) is 4.79 Å². The molecule has 1 N–H and O–H groups in total. The summed E-state index contributed by atoms with van der Waals surface area (Å²) >= 11 is 0. The second-order valence-electron chi connectivity index (χ2n) is 6.21. The Morgan fingerprint density at radius 2 is 1.56 bits per heavy atom. The highest BCUT2D eigenvalue weighted by Crippen LogP contribution is 2.35. The van der Waals surface area contributed by atoms with Crippen LogP contribution in [0.2, 0.25) is 0 Å². The third-order valence-electron chi connectivity index (χ3n) is 3.97. The summed E-state index contributed by atoms with van der Waals surface area (Å²) in [7, 11) is 1.84. The van der Waals surface area contributed by atoms with E-state index in [-0.39, 0.29) is 11.1 Å². The zero-order valence-electron chi connectivity index (χ0n) is 12.4. The third-order valence-corrected chi connectivity index (χ3v) is 3.97. The molecule has 0 radical (unpaired) electrons. The molecule has 0 bridgehead atoms. The molecule has 98 valence electrons. The predicted molar refractivity (Wildman–Crippen MR) is 76.5 cm³/mol. The number of rotatable bonds is 0. The summed E-state index contributed by atoms with van der Waals surface area (Å²) < 4.78 is 1.73. The molecule has 1 aromatic carbocycles. The molecule has 0 saturated heterocycles. The Bertz CT molecular complexity index is 681. The Labute approximate surface area is 108 Å². The topological polar surface area (TPSA) is 37.8 Å². The predicted octanol–water partition coefficient (Wildman–Crippen LogP) is 3.09. The highest BCUT2D eigenvalue weighted by atomic mass is 16.1. The van der Waals surface area contributed by atoms with E-state index >= 15 is 0 Å². The molecule has 0 fully saturated rings. The van der Waals surface area contributed by atoms with Crippen molar-refractivity contribution in [3.05, 3.63) is 32.7 Å². The van der Waals surface area contributed by atoms with Crippen molar-refractivity contribution in [2.24, 2.45) is 7.05 Å². The van der Waals surface area contributed by atoms with E-state index in [0.29, 0.717) is 0 Å². The van der Waals surface area contributed by atoms with E-state index in [9.17, 15) is 4.79 Å². The molecular weight excluding hydrogens is 224 g/mol. The molecule has 0 aliphatic rings. The molecule has 0 spiro atoms. The van der Waals surface area contributed by atoms with E-state index < -0.39 is 0 Å². The zero-order valence-corrected chi connectivity index (χ0v) is 12.4. The van der Waals surface area contributed by atoms with Gasteiger partial charge in [0.1, 0.15) is 0 Å². The van der Waals surface area contributed by atoms with Crippen LogP contribution < -0.4 is 5.69 Å². The van der Waals surface area contributed by atoms with Gasteiger partial charge in [0.2, 0.25) is 0 Å². The average molecular weight is 246 g/mol. The highest BCUT2D eigenvalue weighted by Gasteiger charge is 2.25. The fraction of sp³-hybridized carbons (Fsp3) is 0.533. The quantitative estimate of drug-likeness (QED) is 0.762. The Kier molecular flexibility index (Phi) is 2.69. The van der Waals surface area contributed by atoms with E-state index in [1.165, 1.54) is 22.3 Å². The molecular formula is C15H22N2O. The smallest absolute Gasteiger partial charge is 0.305 e. The first-order valence-electron chi connectivity index (χ1n) is 6.35. The van der Waals surface area contributed by atoms with E-state index in [4.69, 9.17) is 0 Å². The Morgan fingerprint density at radius 3 is 2.06 bits per heavy atom. The lowest BCUT2D eigenvalue weighted by Crippen LogP contribution is -2.18. The van der Waals surface area contributed by atoms with Gasteiger partial charge in [0.25, 0.3) is 0 Å². The van der Waals surface area contributed by atoms with Crippen LogP contribution in [0.1, 0.15) is 43.0 Å². The maximum absolute atomic E-state index is 11.9. The average Bonchev–Trinajstić information content (AvgIpc) is 2.52. The Morgan fingerprint density at radius 1 is 1.00 bits per heavy atom. The molecule has 2 rings (SSSR count). The number of aromatic amines is 1. The fourth-order valence-corrected chi connectivity index (χ4v) is 2.83. The van der Waals surface area contributed by atoms with Gasteiger partial charge in [-0.05, 0) is 48.4 Å². The minimum absolute atomic E-state index is 0.0210. The number of fused-ring (bicyclic) bond motifs is 1. The largest absolute Gasteiger partial charge is 0.326 e. The summed E-state index contributed by atoms with van der Waals surface area (Å²) in [5.74, 6) is 0. The lowest BCUT2D eigenvalue weighted by molar-refractivity contribution is 0.587. The summed E-state index contributed by atoms with van der Waals surface area (Å²) in [6, 6.07) is 0. The minimum atomic E-state index is -0.0383. The number of nitrogens with one attached hydrogen (secondary N) is 1. The van der Waals surface area contributed by atoms with Crippen LogP contribution in [0.3, 0.4) is 0 Å². The summed E-state index contributed by atoms with van der Waals surface area (Å²) in [5, 5.41) is 0. The van der Waals surface area contributed by atoms with Crippen LogP contribution in [0.25, 0.3) is 11.0 Å². The first-order chi connectivity index (χ1) is 8.16. The Hall–Kier alpha value is -1.51. The minimum Gasteiger partial charge on any atom is -0.305 e. The molecule has 18 heavy (non-hydrogen) atoms. The summed E-state index contributed by atoms with van der Waals surface area (Å²) in [6.07, 6.45) is 0. The van der Waals surface area contributed by atoms with Crippen LogP contribution in [-0.4, -0.2) is 9.55 Å². The van der Waals surface area contributed by atoms with E-state index in [0.717, 1.165) is 11.0 Å². The van der Waals surface area contributed by atoms with Crippen molar-refractivity contribution in [1.82, 2.24) is 9.55 Å². The molecule has 2 aromatic rings. The number of imidazole rings is 1. The number of nitrogens with zero attached hydrogens (tertiary/aromatic N) is 1. The van der Waals surface area contributed by atoms with Crippen molar-refractivity contribution >= 4 is 11.0 Å². The van der Waals surface area contributed by atoms with Gasteiger partial charge in [-0.3, -0.25) is 4.57 Å². The van der Waals surface area contributed by atoms with Gasteiger partial charge < -0.3 is 4.98 Å². The summed E-state index contributed by atoms with van der Waals surface area (Å²) in [6.45, 7) is 12.9. The van der Waals surface area contributed by atoms with Crippen LogP contribution in [0.15, 0.2) is 4.79 Å². The first-order valence-corrected chi connectivity index (χ1v) is 6.35. The number of H-pyrrole nitrogens is 1. The number of aryl methyl sites for hydroxylation is 2. The van der Waals surface area contributed by atoms with Crippen LogP contribution >= 0.6 is 0 Å². The molecule has 0 unspecified atom stereocenters. The third kappa shape index (κ3) is 1.61. The second kappa shape index (κ2) is 3.74. The summed E-state index contributed by atoms with van der Waals surface area (Å²) in [4.78, 5) is 14.9. The van der Waals surface area contributed by atoms with Gasteiger partial charge in [0.15, 0.2) is 0 Å².